The van der Waals surface area contributed by atoms with Crippen LogP contribution in [0.4, 0.5) is 5.69 Å². The molecule has 0 spiro atoms. The molecule has 0 saturated heterocycles. The second kappa shape index (κ2) is 8.00. The summed E-state index contributed by atoms with van der Waals surface area (Å²) in [5, 5.41) is 12.8. The fourth-order valence-corrected chi connectivity index (χ4v) is 3.85. The molecule has 1 heterocycles. The van der Waals surface area contributed by atoms with Gasteiger partial charge in [0.05, 0.1) is 36.3 Å². The van der Waals surface area contributed by atoms with Gasteiger partial charge in [-0.15, -0.1) is 0 Å². The summed E-state index contributed by atoms with van der Waals surface area (Å²) in [7, 11) is 0. The highest BCUT2D eigenvalue weighted by Gasteiger charge is 2.22. The molecule has 0 amide bonds. The maximum absolute atomic E-state index is 11.5. The molecule has 0 N–H and O–H groups in total. The fourth-order valence-electron chi connectivity index (χ4n) is 2.45. The Balaban J connectivity index is 2.32. The van der Waals surface area contributed by atoms with E-state index in [-0.39, 0.29) is 41.9 Å². The number of hydrogen-bond donors (Lipinski definition) is 0. The maximum atomic E-state index is 11.5. The highest BCUT2D eigenvalue weighted by molar-refractivity contribution is 6.46. The Bertz CT molecular complexity index is 1090. The first kappa shape index (κ1) is 20.5. The van der Waals surface area contributed by atoms with Gasteiger partial charge in [0.2, 0.25) is 0 Å². The lowest BCUT2D eigenvalue weighted by atomic mass is 10.0. The van der Waals surface area contributed by atoms with Crippen molar-refractivity contribution in [2.75, 3.05) is 0 Å². The quantitative estimate of drug-likeness (QED) is 0.214. The third-order valence-corrected chi connectivity index (χ3v) is 5.67. The van der Waals surface area contributed by atoms with Gasteiger partial charge in [0.25, 0.3) is 5.69 Å². The number of rotatable bonds is 3. The minimum atomic E-state index is -0.580. The average Bonchev–Trinajstić information content (AvgIpc) is 2.60. The molecular weight excluding hydrogens is 477 g/mol. The van der Waals surface area contributed by atoms with Crippen LogP contribution in [-0.2, 0) is 0 Å². The molecule has 0 radical (unpaired) electrons. The summed E-state index contributed by atoms with van der Waals surface area (Å²) in [5.41, 5.74) is 0.912. The number of pyridine rings is 1. The number of nitro groups is 1. The number of aromatic nitrogens is 1. The molecule has 27 heavy (non-hydrogen) atoms. The summed E-state index contributed by atoms with van der Waals surface area (Å²) in [5.74, 6) is 0. The standard InChI is InChI=1S/C17H6Cl6N2O2/c18-7-1-10(16(22)12(20)3-7)9-5-14(24-6-15(9)25(26)27)11-2-8(19)4-13(21)17(11)23/h1-6H. The summed E-state index contributed by atoms with van der Waals surface area (Å²) < 4.78 is 0. The van der Waals surface area contributed by atoms with Gasteiger partial charge in [-0.25, -0.2) is 4.98 Å². The first-order chi connectivity index (χ1) is 12.7. The number of benzene rings is 2. The molecule has 0 aliphatic heterocycles. The normalized spacial score (nSPS) is 10.9. The van der Waals surface area contributed by atoms with E-state index in [9.17, 15) is 10.1 Å². The van der Waals surface area contributed by atoms with Gasteiger partial charge in [-0.05, 0) is 30.3 Å². The van der Waals surface area contributed by atoms with E-state index < -0.39 is 4.92 Å². The van der Waals surface area contributed by atoms with Crippen LogP contribution in [0.15, 0.2) is 36.5 Å². The van der Waals surface area contributed by atoms with Crippen molar-refractivity contribution >= 4 is 75.3 Å². The second-order valence-electron chi connectivity index (χ2n) is 5.34. The topological polar surface area (TPSA) is 56.0 Å². The van der Waals surface area contributed by atoms with Crippen molar-refractivity contribution in [2.45, 2.75) is 0 Å². The highest BCUT2D eigenvalue weighted by Crippen LogP contribution is 2.43. The summed E-state index contributed by atoms with van der Waals surface area (Å²) in [6.07, 6.45) is 1.10. The van der Waals surface area contributed by atoms with Crippen LogP contribution in [0.1, 0.15) is 0 Å². The Morgan fingerprint density at radius 2 is 1.26 bits per heavy atom. The third kappa shape index (κ3) is 4.11. The zero-order valence-corrected chi connectivity index (χ0v) is 17.5. The van der Waals surface area contributed by atoms with E-state index in [0.717, 1.165) is 6.20 Å². The number of hydrogen-bond acceptors (Lipinski definition) is 3. The van der Waals surface area contributed by atoms with Crippen molar-refractivity contribution in [1.82, 2.24) is 4.98 Å². The molecule has 1 aromatic heterocycles. The predicted molar refractivity (Wildman–Crippen MR) is 112 cm³/mol. The molecule has 0 atom stereocenters. The van der Waals surface area contributed by atoms with E-state index >= 15 is 0 Å². The van der Waals surface area contributed by atoms with E-state index in [0.29, 0.717) is 16.3 Å². The zero-order valence-electron chi connectivity index (χ0n) is 12.9. The molecule has 0 fully saturated rings. The van der Waals surface area contributed by atoms with Crippen molar-refractivity contribution in [3.63, 3.8) is 0 Å². The van der Waals surface area contributed by atoms with Gasteiger partial charge in [0, 0.05) is 21.2 Å². The smallest absolute Gasteiger partial charge is 0.258 e. The third-order valence-electron chi connectivity index (χ3n) is 3.63. The molecule has 3 aromatic rings. The van der Waals surface area contributed by atoms with Crippen LogP contribution in [0.5, 0.6) is 0 Å². The van der Waals surface area contributed by atoms with Gasteiger partial charge in [-0.2, -0.15) is 0 Å². The van der Waals surface area contributed by atoms with Gasteiger partial charge in [0.1, 0.15) is 6.20 Å². The number of nitrogens with zero attached hydrogens (tertiary/aromatic N) is 2. The van der Waals surface area contributed by atoms with Gasteiger partial charge >= 0.3 is 0 Å². The lowest BCUT2D eigenvalue weighted by Gasteiger charge is -2.11. The Hall–Kier alpha value is -1.27. The highest BCUT2D eigenvalue weighted by atomic mass is 35.5. The molecule has 10 heteroatoms. The van der Waals surface area contributed by atoms with Gasteiger partial charge in [-0.3, -0.25) is 10.1 Å². The molecule has 4 nitrogen and oxygen atoms in total. The van der Waals surface area contributed by atoms with E-state index in [4.69, 9.17) is 69.6 Å². The largest absolute Gasteiger partial charge is 0.295 e. The van der Waals surface area contributed by atoms with Crippen LogP contribution < -0.4 is 0 Å². The number of halogens is 6. The van der Waals surface area contributed by atoms with E-state index in [1.54, 1.807) is 6.07 Å². The van der Waals surface area contributed by atoms with E-state index in [1.807, 2.05) is 0 Å². The Morgan fingerprint density at radius 3 is 1.81 bits per heavy atom. The summed E-state index contributed by atoms with van der Waals surface area (Å²) >= 11 is 36.7. The zero-order chi connectivity index (χ0) is 19.9. The fraction of sp³-hybridized carbons (Fsp3) is 0. The van der Waals surface area contributed by atoms with E-state index in [2.05, 4.69) is 4.98 Å². The van der Waals surface area contributed by atoms with Crippen molar-refractivity contribution in [2.24, 2.45) is 0 Å². The van der Waals surface area contributed by atoms with Gasteiger partial charge in [-0.1, -0.05) is 69.6 Å². The summed E-state index contributed by atoms with van der Waals surface area (Å²) in [6.45, 7) is 0. The van der Waals surface area contributed by atoms with Gasteiger partial charge in [0.15, 0.2) is 0 Å². The minimum absolute atomic E-state index is 0.122. The van der Waals surface area contributed by atoms with Crippen molar-refractivity contribution in [1.29, 1.82) is 0 Å². The molecule has 3 rings (SSSR count). The molecule has 0 aliphatic rings. The SMILES string of the molecule is O=[N+]([O-])c1cnc(-c2cc(Cl)cc(Cl)c2Cl)cc1-c1cc(Cl)cc(Cl)c1Cl. The van der Waals surface area contributed by atoms with Crippen LogP contribution >= 0.6 is 69.6 Å². The molecule has 0 bridgehead atoms. The van der Waals surface area contributed by atoms with Crippen LogP contribution in [0.2, 0.25) is 30.1 Å². The molecule has 0 aliphatic carbocycles. The van der Waals surface area contributed by atoms with E-state index in [1.165, 1.54) is 24.3 Å². The van der Waals surface area contributed by atoms with Crippen LogP contribution in [-0.4, -0.2) is 9.91 Å². The first-order valence-corrected chi connectivity index (χ1v) is 9.40. The predicted octanol–water partition coefficient (Wildman–Crippen LogP) is 8.24. The summed E-state index contributed by atoms with van der Waals surface area (Å²) in [6, 6.07) is 7.42. The Kier molecular flexibility index (Phi) is 6.06. The molecule has 0 unspecified atom stereocenters. The lowest BCUT2D eigenvalue weighted by Crippen LogP contribution is -1.96. The molecular formula is C17H6Cl6N2O2. The molecule has 2 aromatic carbocycles. The van der Waals surface area contributed by atoms with Crippen molar-refractivity contribution in [3.8, 4) is 22.4 Å². The van der Waals surface area contributed by atoms with Crippen molar-refractivity contribution in [3.05, 3.63) is 76.8 Å². The van der Waals surface area contributed by atoms with Crippen LogP contribution in [0.3, 0.4) is 0 Å². The Labute approximate surface area is 183 Å². The molecule has 138 valence electrons. The Morgan fingerprint density at radius 1 is 0.741 bits per heavy atom. The average molecular weight is 483 g/mol. The second-order valence-corrected chi connectivity index (χ2v) is 7.79. The van der Waals surface area contributed by atoms with Crippen molar-refractivity contribution < 1.29 is 4.92 Å². The monoisotopic (exact) mass is 480 g/mol. The minimum Gasteiger partial charge on any atom is -0.258 e. The lowest BCUT2D eigenvalue weighted by molar-refractivity contribution is -0.384. The van der Waals surface area contributed by atoms with Crippen LogP contribution in [0, 0.1) is 10.1 Å². The van der Waals surface area contributed by atoms with Gasteiger partial charge < -0.3 is 0 Å². The molecule has 0 saturated carbocycles. The maximum Gasteiger partial charge on any atom is 0.295 e. The summed E-state index contributed by atoms with van der Waals surface area (Å²) in [4.78, 5) is 15.0. The van der Waals surface area contributed by atoms with Crippen LogP contribution in [0.25, 0.3) is 22.4 Å². The first-order valence-electron chi connectivity index (χ1n) is 7.13.